The summed E-state index contributed by atoms with van der Waals surface area (Å²) in [6.45, 7) is 2.06. The summed E-state index contributed by atoms with van der Waals surface area (Å²) in [6.07, 6.45) is -2.75. The molecule has 0 saturated carbocycles. The number of piperazine rings is 1. The van der Waals surface area contributed by atoms with Gasteiger partial charge in [0.2, 0.25) is 5.13 Å². The monoisotopic (exact) mass is 386 g/mol. The van der Waals surface area contributed by atoms with Gasteiger partial charge >= 0.3 is 6.18 Å². The van der Waals surface area contributed by atoms with E-state index < -0.39 is 12.7 Å². The third-order valence-electron chi connectivity index (χ3n) is 4.06. The van der Waals surface area contributed by atoms with Gasteiger partial charge in [-0.05, 0) is 19.1 Å². The van der Waals surface area contributed by atoms with Crippen molar-refractivity contribution in [1.82, 2.24) is 20.1 Å². The highest BCUT2D eigenvalue weighted by molar-refractivity contribution is 7.13. The van der Waals surface area contributed by atoms with Gasteiger partial charge in [-0.3, -0.25) is 15.0 Å². The van der Waals surface area contributed by atoms with Gasteiger partial charge in [-0.25, -0.2) is 4.98 Å². The summed E-state index contributed by atoms with van der Waals surface area (Å²) in [5, 5.41) is 10.4. The van der Waals surface area contributed by atoms with Crippen LogP contribution in [0.1, 0.15) is 17.3 Å². The number of anilines is 2. The highest BCUT2D eigenvalue weighted by Gasteiger charge is 2.35. The van der Waals surface area contributed by atoms with E-state index in [2.05, 4.69) is 20.5 Å². The molecule has 0 aliphatic carbocycles. The fourth-order valence-corrected chi connectivity index (χ4v) is 3.21. The number of nitrogens with one attached hydrogen (secondary N) is 1. The van der Waals surface area contributed by atoms with Gasteiger partial charge in [0.1, 0.15) is 11.3 Å². The van der Waals surface area contributed by atoms with Crippen molar-refractivity contribution >= 4 is 28.2 Å². The quantitative estimate of drug-likeness (QED) is 0.869. The zero-order valence-electron chi connectivity index (χ0n) is 13.9. The number of alkyl halides is 3. The van der Waals surface area contributed by atoms with Gasteiger partial charge in [-0.15, -0.1) is 10.2 Å². The van der Waals surface area contributed by atoms with Crippen molar-refractivity contribution in [3.8, 4) is 0 Å². The Kier molecular flexibility index (Phi) is 5.37. The molecule has 1 unspecified atom stereocenters. The first-order valence-corrected chi connectivity index (χ1v) is 8.79. The molecule has 11 heteroatoms. The van der Waals surface area contributed by atoms with E-state index in [9.17, 15) is 18.0 Å². The third kappa shape index (κ3) is 4.67. The smallest absolute Gasteiger partial charge is 0.354 e. The van der Waals surface area contributed by atoms with Crippen molar-refractivity contribution in [1.29, 1.82) is 0 Å². The van der Waals surface area contributed by atoms with Gasteiger partial charge in [0, 0.05) is 31.9 Å². The van der Waals surface area contributed by atoms with Gasteiger partial charge in [0.05, 0.1) is 12.1 Å². The summed E-state index contributed by atoms with van der Waals surface area (Å²) in [7, 11) is 0. The largest absolute Gasteiger partial charge is 0.401 e. The molecule has 1 atom stereocenters. The van der Waals surface area contributed by atoms with E-state index in [-0.39, 0.29) is 11.9 Å². The van der Waals surface area contributed by atoms with Gasteiger partial charge in [0.15, 0.2) is 0 Å². The summed E-state index contributed by atoms with van der Waals surface area (Å²) < 4.78 is 37.7. The van der Waals surface area contributed by atoms with Gasteiger partial charge in [0.25, 0.3) is 5.91 Å². The first-order chi connectivity index (χ1) is 12.3. The normalized spacial score (nSPS) is 18.8. The maximum Gasteiger partial charge on any atom is 0.401 e. The van der Waals surface area contributed by atoms with Crippen LogP contribution < -0.4 is 10.2 Å². The molecule has 26 heavy (non-hydrogen) atoms. The van der Waals surface area contributed by atoms with Gasteiger partial charge in [-0.2, -0.15) is 13.2 Å². The average molecular weight is 386 g/mol. The molecule has 1 amide bonds. The Balaban J connectivity index is 1.60. The minimum absolute atomic E-state index is 0.243. The number of hydrogen-bond acceptors (Lipinski definition) is 7. The van der Waals surface area contributed by atoms with Crippen molar-refractivity contribution in [3.05, 3.63) is 29.4 Å². The molecule has 1 fully saturated rings. The fourth-order valence-electron chi connectivity index (χ4n) is 2.77. The van der Waals surface area contributed by atoms with Gasteiger partial charge in [-0.1, -0.05) is 11.3 Å². The molecule has 1 N–H and O–H groups in total. The average Bonchev–Trinajstić information content (AvgIpc) is 3.09. The van der Waals surface area contributed by atoms with Crippen LogP contribution in [0.4, 0.5) is 24.1 Å². The van der Waals surface area contributed by atoms with Crippen LogP contribution in [-0.4, -0.2) is 64.4 Å². The second-order valence-electron chi connectivity index (χ2n) is 5.98. The predicted octanol–water partition coefficient (Wildman–Crippen LogP) is 2.26. The van der Waals surface area contributed by atoms with E-state index in [0.717, 1.165) is 0 Å². The van der Waals surface area contributed by atoms with E-state index >= 15 is 0 Å². The standard InChI is InChI=1S/C15H17F3N6OS/c1-10-7-23(4-5-24(10)8-15(16,17)18)12-3-2-11(6-19-12)13(25)21-14-22-20-9-26-14/h2-3,6,9-10H,4-5,7-8H2,1H3,(H,21,22,25). The minimum atomic E-state index is -4.20. The Hall–Kier alpha value is -2.27. The highest BCUT2D eigenvalue weighted by atomic mass is 32.1. The first-order valence-electron chi connectivity index (χ1n) is 7.91. The van der Waals surface area contributed by atoms with Crippen molar-refractivity contribution < 1.29 is 18.0 Å². The molecule has 7 nitrogen and oxygen atoms in total. The van der Waals surface area contributed by atoms with Crippen LogP contribution in [0.15, 0.2) is 23.8 Å². The Morgan fingerprint density at radius 3 is 2.77 bits per heavy atom. The molecule has 3 rings (SSSR count). The number of carbonyl (C=O) groups excluding carboxylic acids is 1. The zero-order chi connectivity index (χ0) is 18.7. The topological polar surface area (TPSA) is 74.2 Å². The number of pyridine rings is 1. The van der Waals surface area contributed by atoms with E-state index in [1.165, 1.54) is 27.9 Å². The molecule has 1 aliphatic rings. The summed E-state index contributed by atoms with van der Waals surface area (Å²) in [6, 6.07) is 3.08. The number of hydrogen-bond donors (Lipinski definition) is 1. The molecule has 0 aromatic carbocycles. The molecule has 0 spiro atoms. The second kappa shape index (κ2) is 7.54. The fraction of sp³-hybridized carbons (Fsp3) is 0.467. The predicted molar refractivity (Wildman–Crippen MR) is 91.4 cm³/mol. The lowest BCUT2D eigenvalue weighted by Gasteiger charge is -2.40. The number of rotatable bonds is 4. The lowest BCUT2D eigenvalue weighted by atomic mass is 10.2. The molecule has 1 aliphatic heterocycles. The molecule has 1 saturated heterocycles. The Labute approximate surface area is 151 Å². The van der Waals surface area contributed by atoms with Crippen molar-refractivity contribution in [3.63, 3.8) is 0 Å². The molecular weight excluding hydrogens is 369 g/mol. The maximum atomic E-state index is 12.6. The molecule has 3 heterocycles. The number of halogens is 3. The number of nitrogens with zero attached hydrogens (tertiary/aromatic N) is 5. The summed E-state index contributed by atoms with van der Waals surface area (Å²) in [5.41, 5.74) is 1.88. The van der Waals surface area contributed by atoms with Crippen LogP contribution in [0.25, 0.3) is 0 Å². The SMILES string of the molecule is CC1CN(c2ccc(C(=O)Nc3nncs3)cn2)CCN1CC(F)(F)F. The molecule has 2 aromatic heterocycles. The van der Waals surface area contributed by atoms with Crippen LogP contribution in [0, 0.1) is 0 Å². The highest BCUT2D eigenvalue weighted by Crippen LogP contribution is 2.22. The van der Waals surface area contributed by atoms with Crippen LogP contribution in [-0.2, 0) is 0 Å². The van der Waals surface area contributed by atoms with Crippen LogP contribution in [0.3, 0.4) is 0 Å². The van der Waals surface area contributed by atoms with E-state index in [1.54, 1.807) is 19.1 Å². The lowest BCUT2D eigenvalue weighted by Crippen LogP contribution is -2.54. The van der Waals surface area contributed by atoms with Crippen molar-refractivity contribution in [2.75, 3.05) is 36.4 Å². The Bertz CT molecular complexity index is 737. The summed E-state index contributed by atoms with van der Waals surface area (Å²) in [5.74, 6) is 0.292. The lowest BCUT2D eigenvalue weighted by molar-refractivity contribution is -0.150. The molecular formula is C15H17F3N6OS. The zero-order valence-corrected chi connectivity index (χ0v) is 14.7. The molecule has 2 aromatic rings. The molecule has 140 valence electrons. The molecule has 0 radical (unpaired) electrons. The van der Waals surface area contributed by atoms with Crippen molar-refractivity contribution in [2.24, 2.45) is 0 Å². The van der Waals surface area contributed by atoms with Crippen LogP contribution in [0.2, 0.25) is 0 Å². The van der Waals surface area contributed by atoms with Gasteiger partial charge < -0.3 is 4.90 Å². The Morgan fingerprint density at radius 1 is 1.38 bits per heavy atom. The van der Waals surface area contributed by atoms with E-state index in [4.69, 9.17) is 0 Å². The van der Waals surface area contributed by atoms with E-state index in [1.807, 2.05) is 4.90 Å². The minimum Gasteiger partial charge on any atom is -0.354 e. The van der Waals surface area contributed by atoms with Crippen molar-refractivity contribution in [2.45, 2.75) is 19.1 Å². The number of amides is 1. The van der Waals surface area contributed by atoms with Crippen LogP contribution >= 0.6 is 11.3 Å². The third-order valence-corrected chi connectivity index (χ3v) is 4.67. The number of carbonyl (C=O) groups is 1. The second-order valence-corrected chi connectivity index (χ2v) is 6.82. The molecule has 0 bridgehead atoms. The van der Waals surface area contributed by atoms with Crippen LogP contribution in [0.5, 0.6) is 0 Å². The number of aromatic nitrogens is 3. The Morgan fingerprint density at radius 2 is 2.19 bits per heavy atom. The summed E-state index contributed by atoms with van der Waals surface area (Å²) in [4.78, 5) is 19.7. The van der Waals surface area contributed by atoms with E-state index in [0.29, 0.717) is 36.1 Å². The first kappa shape index (κ1) is 18.5. The maximum absolute atomic E-state index is 12.6. The summed E-state index contributed by atoms with van der Waals surface area (Å²) >= 11 is 1.21.